The third kappa shape index (κ3) is 28.5. The van der Waals surface area contributed by atoms with Crippen molar-refractivity contribution in [1.82, 2.24) is 4.90 Å². The van der Waals surface area contributed by atoms with Crippen LogP contribution in [0.5, 0.6) is 0 Å². The second-order valence-electron chi connectivity index (χ2n) is 12.4. The van der Waals surface area contributed by atoms with Gasteiger partial charge in [-0.3, -0.25) is 4.79 Å². The number of rotatable bonds is 30. The highest BCUT2D eigenvalue weighted by atomic mass is 16.5. The van der Waals surface area contributed by atoms with E-state index in [2.05, 4.69) is 76.2 Å². The van der Waals surface area contributed by atoms with E-state index in [0.717, 1.165) is 57.9 Å². The SMILES string of the molecule is CCCCC/C=C/CCCC(CCC/C=C/CCCCC)C(CCC/C=C/CCCCC)OC(=O)CCCN(C)C. The van der Waals surface area contributed by atoms with E-state index in [1.54, 1.807) is 0 Å². The molecule has 3 nitrogen and oxygen atoms in total. The molecule has 0 fully saturated rings. The van der Waals surface area contributed by atoms with Crippen LogP contribution in [0.2, 0.25) is 0 Å². The minimum atomic E-state index is 0.00333. The summed E-state index contributed by atoms with van der Waals surface area (Å²) in [6, 6.07) is 0. The highest BCUT2D eigenvalue weighted by molar-refractivity contribution is 5.69. The van der Waals surface area contributed by atoms with Gasteiger partial charge in [-0.25, -0.2) is 0 Å². The molecule has 0 N–H and O–H groups in total. The van der Waals surface area contributed by atoms with Crippen molar-refractivity contribution in [3.8, 4) is 0 Å². The Morgan fingerprint density at radius 3 is 1.34 bits per heavy atom. The summed E-state index contributed by atoms with van der Waals surface area (Å²) in [5.74, 6) is 0.465. The maximum atomic E-state index is 12.9. The maximum absolute atomic E-state index is 12.9. The van der Waals surface area contributed by atoms with Crippen LogP contribution < -0.4 is 0 Å². The van der Waals surface area contributed by atoms with Crippen LogP contribution in [-0.4, -0.2) is 37.6 Å². The van der Waals surface area contributed by atoms with E-state index in [1.807, 2.05) is 0 Å². The number of esters is 1. The number of ether oxygens (including phenoxy) is 1. The topological polar surface area (TPSA) is 29.5 Å². The van der Waals surface area contributed by atoms with Crippen molar-refractivity contribution < 1.29 is 9.53 Å². The molecule has 240 valence electrons. The van der Waals surface area contributed by atoms with Gasteiger partial charge >= 0.3 is 5.97 Å². The van der Waals surface area contributed by atoms with Gasteiger partial charge in [-0.1, -0.05) is 95.8 Å². The van der Waals surface area contributed by atoms with Gasteiger partial charge in [0, 0.05) is 6.42 Å². The number of unbranched alkanes of at least 4 members (excludes halogenated alkanes) is 12. The molecular weight excluding hydrogens is 502 g/mol. The minimum absolute atomic E-state index is 0.00333. The van der Waals surface area contributed by atoms with Gasteiger partial charge < -0.3 is 9.64 Å². The van der Waals surface area contributed by atoms with Crippen LogP contribution in [0.25, 0.3) is 0 Å². The Morgan fingerprint density at radius 1 is 0.561 bits per heavy atom. The Balaban J connectivity index is 5.11. The van der Waals surface area contributed by atoms with E-state index in [1.165, 1.54) is 89.9 Å². The Bertz CT molecular complexity index is 610. The molecule has 0 aliphatic carbocycles. The highest BCUT2D eigenvalue weighted by Gasteiger charge is 2.24. The van der Waals surface area contributed by atoms with Crippen LogP contribution in [-0.2, 0) is 9.53 Å². The maximum Gasteiger partial charge on any atom is 0.306 e. The molecule has 41 heavy (non-hydrogen) atoms. The number of hydrogen-bond acceptors (Lipinski definition) is 3. The molecule has 1 unspecified atom stereocenters. The lowest BCUT2D eigenvalue weighted by atomic mass is 9.87. The molecule has 0 saturated heterocycles. The summed E-state index contributed by atoms with van der Waals surface area (Å²) >= 11 is 0. The highest BCUT2D eigenvalue weighted by Crippen LogP contribution is 2.27. The average molecular weight is 574 g/mol. The quantitative estimate of drug-likeness (QED) is 0.0486. The number of carbonyl (C=O) groups is 1. The number of nitrogens with zero attached hydrogens (tertiary/aromatic N) is 1. The Morgan fingerprint density at radius 2 is 0.951 bits per heavy atom. The molecule has 0 radical (unpaired) electrons. The first-order valence-electron chi connectivity index (χ1n) is 17.8. The first kappa shape index (κ1) is 39.6. The molecule has 0 aromatic carbocycles. The number of hydrogen-bond donors (Lipinski definition) is 0. The number of carbonyl (C=O) groups excluding carboxylic acids is 1. The lowest BCUT2D eigenvalue weighted by Crippen LogP contribution is -2.28. The fourth-order valence-corrected chi connectivity index (χ4v) is 5.35. The zero-order chi connectivity index (χ0) is 30.2. The van der Waals surface area contributed by atoms with Crippen LogP contribution in [0.1, 0.15) is 168 Å². The van der Waals surface area contributed by atoms with Crippen molar-refractivity contribution in [2.24, 2.45) is 5.92 Å². The van der Waals surface area contributed by atoms with Crippen LogP contribution in [0, 0.1) is 5.92 Å². The molecule has 0 amide bonds. The zero-order valence-corrected chi connectivity index (χ0v) is 28.4. The first-order valence-corrected chi connectivity index (χ1v) is 17.8. The third-order valence-electron chi connectivity index (χ3n) is 7.97. The van der Waals surface area contributed by atoms with Gasteiger partial charge in [0.1, 0.15) is 6.10 Å². The zero-order valence-electron chi connectivity index (χ0n) is 28.4. The van der Waals surface area contributed by atoms with Gasteiger partial charge in [-0.2, -0.15) is 0 Å². The summed E-state index contributed by atoms with van der Waals surface area (Å²) in [5, 5.41) is 0. The summed E-state index contributed by atoms with van der Waals surface area (Å²) in [5.41, 5.74) is 0. The van der Waals surface area contributed by atoms with E-state index in [9.17, 15) is 4.79 Å². The van der Waals surface area contributed by atoms with Gasteiger partial charge in [0.25, 0.3) is 0 Å². The molecule has 0 aliphatic rings. The lowest BCUT2D eigenvalue weighted by molar-refractivity contribution is -0.153. The van der Waals surface area contributed by atoms with E-state index < -0.39 is 0 Å². The molecule has 0 saturated carbocycles. The van der Waals surface area contributed by atoms with Crippen LogP contribution in [0.15, 0.2) is 36.5 Å². The van der Waals surface area contributed by atoms with Gasteiger partial charge in [-0.15, -0.1) is 0 Å². The molecule has 0 spiro atoms. The fraction of sp³-hybridized carbons (Fsp3) is 0.816. The predicted octanol–water partition coefficient (Wildman–Crippen LogP) is 11.8. The standard InChI is InChI=1S/C38H71NO2/c1-6-9-12-15-18-21-24-27-31-36(32-28-25-22-19-16-13-10-7-2)37(41-38(40)34-30-35-39(4)5)33-29-26-23-20-17-14-11-8-3/h18-23,36-37H,6-17,24-35H2,1-5H3/b21-18+,22-19+,23-20+. The molecule has 0 aromatic heterocycles. The first-order chi connectivity index (χ1) is 20.0. The second kappa shape index (κ2) is 31.6. The van der Waals surface area contributed by atoms with Crippen molar-refractivity contribution in [2.45, 2.75) is 175 Å². The van der Waals surface area contributed by atoms with Gasteiger partial charge in [0.2, 0.25) is 0 Å². The fourth-order valence-electron chi connectivity index (χ4n) is 5.35. The summed E-state index contributed by atoms with van der Waals surface area (Å²) in [7, 11) is 4.13. The van der Waals surface area contributed by atoms with E-state index in [-0.39, 0.29) is 12.1 Å². The molecule has 1 atom stereocenters. The van der Waals surface area contributed by atoms with Crippen molar-refractivity contribution in [3.05, 3.63) is 36.5 Å². The van der Waals surface area contributed by atoms with E-state index in [4.69, 9.17) is 4.74 Å². The van der Waals surface area contributed by atoms with Gasteiger partial charge in [0.05, 0.1) is 0 Å². The Labute approximate surface area is 257 Å². The normalized spacial score (nSPS) is 13.0. The summed E-state index contributed by atoms with van der Waals surface area (Å²) in [6.45, 7) is 7.72. The third-order valence-corrected chi connectivity index (χ3v) is 7.97. The van der Waals surface area contributed by atoms with Crippen molar-refractivity contribution >= 4 is 5.97 Å². The summed E-state index contributed by atoms with van der Waals surface area (Å²) in [4.78, 5) is 15.0. The minimum Gasteiger partial charge on any atom is -0.462 e. The van der Waals surface area contributed by atoms with E-state index >= 15 is 0 Å². The largest absolute Gasteiger partial charge is 0.462 e. The monoisotopic (exact) mass is 574 g/mol. The average Bonchev–Trinajstić information content (AvgIpc) is 2.95. The Hall–Kier alpha value is -1.35. The van der Waals surface area contributed by atoms with Crippen molar-refractivity contribution in [1.29, 1.82) is 0 Å². The molecule has 3 heteroatoms. The molecule has 0 bridgehead atoms. The molecule has 0 heterocycles. The van der Waals surface area contributed by atoms with Crippen molar-refractivity contribution in [3.63, 3.8) is 0 Å². The molecule has 0 aromatic rings. The van der Waals surface area contributed by atoms with Crippen molar-refractivity contribution in [2.75, 3.05) is 20.6 Å². The van der Waals surface area contributed by atoms with Crippen LogP contribution in [0.3, 0.4) is 0 Å². The second-order valence-corrected chi connectivity index (χ2v) is 12.4. The number of allylic oxidation sites excluding steroid dienone is 6. The smallest absolute Gasteiger partial charge is 0.306 e. The molecular formula is C38H71NO2. The summed E-state index contributed by atoms with van der Waals surface area (Å²) < 4.78 is 6.28. The molecule has 0 aliphatic heterocycles. The van der Waals surface area contributed by atoms with Gasteiger partial charge in [-0.05, 0) is 129 Å². The van der Waals surface area contributed by atoms with Gasteiger partial charge in [0.15, 0.2) is 0 Å². The summed E-state index contributed by atoms with van der Waals surface area (Å²) in [6.07, 6.45) is 41.2. The van der Waals surface area contributed by atoms with Crippen LogP contribution >= 0.6 is 0 Å². The Kier molecular flexibility index (Phi) is 30.5. The predicted molar refractivity (Wildman–Crippen MR) is 183 cm³/mol. The van der Waals surface area contributed by atoms with Crippen LogP contribution in [0.4, 0.5) is 0 Å². The lowest BCUT2D eigenvalue weighted by Gasteiger charge is -2.27. The molecule has 0 rings (SSSR count). The van der Waals surface area contributed by atoms with E-state index in [0.29, 0.717) is 12.3 Å².